The van der Waals surface area contributed by atoms with Gasteiger partial charge in [0, 0.05) is 11.4 Å². The number of hydrogen-bond acceptors (Lipinski definition) is 7. The monoisotopic (exact) mass is 469 g/mol. The van der Waals surface area contributed by atoms with E-state index in [1.165, 1.54) is 36.1 Å². The fraction of sp³-hybridized carbons (Fsp3) is 0.333. The summed E-state index contributed by atoms with van der Waals surface area (Å²) in [6.45, 7) is 8.35. The second-order valence-electron chi connectivity index (χ2n) is 8.61. The minimum Gasteiger partial charge on any atom is -0.493 e. The number of carbonyl (C=O) groups excluding carboxylic acids is 1. The molecule has 1 amide bonds. The van der Waals surface area contributed by atoms with E-state index in [4.69, 9.17) is 9.47 Å². The zero-order valence-electron chi connectivity index (χ0n) is 19.2. The van der Waals surface area contributed by atoms with Gasteiger partial charge in [0.15, 0.2) is 11.5 Å². The van der Waals surface area contributed by atoms with Gasteiger partial charge in [-0.05, 0) is 23.5 Å². The van der Waals surface area contributed by atoms with Crippen LogP contribution in [0.1, 0.15) is 60.9 Å². The zero-order chi connectivity index (χ0) is 24.2. The van der Waals surface area contributed by atoms with Crippen LogP contribution in [0.4, 0.5) is 5.69 Å². The van der Waals surface area contributed by atoms with E-state index >= 15 is 0 Å². The summed E-state index contributed by atoms with van der Waals surface area (Å²) in [6.07, 6.45) is 0. The lowest BCUT2D eigenvalue weighted by Crippen LogP contribution is -2.27. The molecule has 3 rings (SSSR count). The molecular weight excluding hydrogens is 442 g/mol. The number of nitro benzene ring substituents is 1. The number of aromatic nitrogens is 1. The van der Waals surface area contributed by atoms with Crippen LogP contribution < -0.4 is 14.8 Å². The van der Waals surface area contributed by atoms with Crippen molar-refractivity contribution in [3.63, 3.8) is 0 Å². The molecule has 8 nitrogen and oxygen atoms in total. The first-order valence-electron chi connectivity index (χ1n) is 10.4. The molecule has 1 N–H and O–H groups in total. The third-order valence-electron chi connectivity index (χ3n) is 5.21. The number of methoxy groups -OCH3 is 1. The van der Waals surface area contributed by atoms with Crippen LogP contribution in [-0.4, -0.2) is 22.9 Å². The maximum Gasteiger partial charge on any atom is 0.286 e. The van der Waals surface area contributed by atoms with Crippen molar-refractivity contribution in [1.29, 1.82) is 0 Å². The van der Waals surface area contributed by atoms with E-state index in [9.17, 15) is 14.9 Å². The Balaban J connectivity index is 1.83. The lowest BCUT2D eigenvalue weighted by Gasteiger charge is -2.21. The number of thiazole rings is 1. The molecule has 9 heteroatoms. The molecule has 0 aliphatic rings. The predicted octanol–water partition coefficient (Wildman–Crippen LogP) is 5.43. The molecule has 0 spiro atoms. The molecule has 0 radical (unpaired) electrons. The lowest BCUT2D eigenvalue weighted by molar-refractivity contribution is -0.385. The van der Waals surface area contributed by atoms with E-state index in [-0.39, 0.29) is 40.8 Å². The number of amides is 1. The Morgan fingerprint density at radius 2 is 1.91 bits per heavy atom. The van der Waals surface area contributed by atoms with Crippen LogP contribution >= 0.6 is 11.3 Å². The highest BCUT2D eigenvalue weighted by molar-refractivity contribution is 7.07. The highest BCUT2D eigenvalue weighted by Gasteiger charge is 2.26. The molecule has 0 bridgehead atoms. The van der Waals surface area contributed by atoms with E-state index in [1.54, 1.807) is 5.51 Å². The average molecular weight is 470 g/mol. The number of nitrogens with zero attached hydrogens (tertiary/aromatic N) is 2. The molecule has 0 aliphatic carbocycles. The smallest absolute Gasteiger partial charge is 0.286 e. The quantitative estimate of drug-likeness (QED) is 0.349. The first-order valence-corrected chi connectivity index (χ1v) is 11.3. The Morgan fingerprint density at radius 3 is 2.45 bits per heavy atom. The van der Waals surface area contributed by atoms with Gasteiger partial charge in [0.05, 0.1) is 35.3 Å². The highest BCUT2D eigenvalue weighted by atomic mass is 32.1. The van der Waals surface area contributed by atoms with Crippen molar-refractivity contribution in [2.75, 3.05) is 7.11 Å². The number of hydrogen-bond donors (Lipinski definition) is 1. The van der Waals surface area contributed by atoms with Crippen molar-refractivity contribution >= 4 is 22.9 Å². The second kappa shape index (κ2) is 9.99. The van der Waals surface area contributed by atoms with Crippen molar-refractivity contribution in [1.82, 2.24) is 10.3 Å². The lowest BCUT2D eigenvalue weighted by atomic mass is 9.86. The van der Waals surface area contributed by atoms with Gasteiger partial charge in [0.1, 0.15) is 12.2 Å². The number of nitrogens with one attached hydrogen (secondary N) is 1. The summed E-state index contributed by atoms with van der Waals surface area (Å²) < 4.78 is 11.0. The summed E-state index contributed by atoms with van der Waals surface area (Å²) in [4.78, 5) is 28.2. The molecular formula is C24H27N3O5S. The Morgan fingerprint density at radius 1 is 1.21 bits per heavy atom. The molecule has 0 aliphatic heterocycles. The van der Waals surface area contributed by atoms with Gasteiger partial charge in [-0.15, -0.1) is 11.3 Å². The largest absolute Gasteiger partial charge is 0.493 e. The van der Waals surface area contributed by atoms with Crippen molar-refractivity contribution in [3.05, 3.63) is 79.8 Å². The molecule has 1 atom stereocenters. The van der Waals surface area contributed by atoms with Gasteiger partial charge in [-0.3, -0.25) is 14.9 Å². The molecule has 0 fully saturated rings. The summed E-state index contributed by atoms with van der Waals surface area (Å²) in [6, 6.07) is 10.2. The first kappa shape index (κ1) is 24.2. The Bertz CT molecular complexity index is 1120. The van der Waals surface area contributed by atoms with Gasteiger partial charge in [0.2, 0.25) is 0 Å². The number of nitro groups is 1. The average Bonchev–Trinajstić information content (AvgIpc) is 3.30. The molecule has 0 saturated carbocycles. The fourth-order valence-electron chi connectivity index (χ4n) is 3.24. The molecule has 174 valence electrons. The Kier molecular flexibility index (Phi) is 7.33. The maximum absolute atomic E-state index is 13.0. The number of rotatable bonds is 8. The minimum atomic E-state index is -0.604. The van der Waals surface area contributed by atoms with Gasteiger partial charge in [-0.1, -0.05) is 45.0 Å². The van der Waals surface area contributed by atoms with Gasteiger partial charge in [0.25, 0.3) is 11.6 Å². The van der Waals surface area contributed by atoms with Crippen LogP contribution in [0.3, 0.4) is 0 Å². The van der Waals surface area contributed by atoms with Crippen molar-refractivity contribution in [3.8, 4) is 11.5 Å². The zero-order valence-corrected chi connectivity index (χ0v) is 20.1. The third kappa shape index (κ3) is 5.87. The molecule has 1 aromatic heterocycles. The summed E-state index contributed by atoms with van der Waals surface area (Å²) in [5, 5.41) is 16.4. The molecule has 1 heterocycles. The van der Waals surface area contributed by atoms with Gasteiger partial charge < -0.3 is 14.8 Å². The molecule has 1 unspecified atom stereocenters. The van der Waals surface area contributed by atoms with Crippen LogP contribution in [0.15, 0.2) is 47.3 Å². The van der Waals surface area contributed by atoms with Crippen molar-refractivity contribution in [2.45, 2.75) is 45.8 Å². The van der Waals surface area contributed by atoms with E-state index < -0.39 is 10.8 Å². The van der Waals surface area contributed by atoms with Gasteiger partial charge >= 0.3 is 0 Å². The topological polar surface area (TPSA) is 104 Å². The van der Waals surface area contributed by atoms with Crippen LogP contribution in [0, 0.1) is 10.1 Å². The normalized spacial score (nSPS) is 12.2. The predicted molar refractivity (Wildman–Crippen MR) is 127 cm³/mol. The van der Waals surface area contributed by atoms with Gasteiger partial charge in [-0.25, -0.2) is 4.98 Å². The van der Waals surface area contributed by atoms with Gasteiger partial charge in [-0.2, -0.15) is 0 Å². The summed E-state index contributed by atoms with van der Waals surface area (Å²) in [7, 11) is 1.41. The van der Waals surface area contributed by atoms with Crippen LogP contribution in [0.5, 0.6) is 11.5 Å². The van der Waals surface area contributed by atoms with E-state index in [0.717, 1.165) is 5.56 Å². The van der Waals surface area contributed by atoms with E-state index in [1.807, 2.05) is 36.6 Å². The molecule has 0 saturated heterocycles. The molecule has 33 heavy (non-hydrogen) atoms. The van der Waals surface area contributed by atoms with Crippen LogP contribution in [-0.2, 0) is 12.0 Å². The minimum absolute atomic E-state index is 0.0193. The SMILES string of the molecule is COc1cc(C(=O)NC(C)c2ccc(C(C)(C)C)cc2)c([N+](=O)[O-])cc1OCc1cscn1. The number of ether oxygens (including phenoxy) is 2. The summed E-state index contributed by atoms with van der Waals surface area (Å²) in [5.74, 6) is -0.179. The van der Waals surface area contributed by atoms with Crippen molar-refractivity contribution in [2.24, 2.45) is 0 Å². The van der Waals surface area contributed by atoms with E-state index in [2.05, 4.69) is 31.1 Å². The first-order chi connectivity index (χ1) is 15.6. The fourth-order valence-corrected chi connectivity index (χ4v) is 3.79. The highest BCUT2D eigenvalue weighted by Crippen LogP contribution is 2.35. The second-order valence-corrected chi connectivity index (χ2v) is 9.33. The maximum atomic E-state index is 13.0. The van der Waals surface area contributed by atoms with E-state index in [0.29, 0.717) is 5.69 Å². The number of carbonyl (C=O) groups is 1. The Hall–Kier alpha value is -3.46. The Labute approximate surface area is 196 Å². The summed E-state index contributed by atoms with van der Waals surface area (Å²) >= 11 is 1.42. The molecule has 2 aromatic carbocycles. The third-order valence-corrected chi connectivity index (χ3v) is 5.84. The summed E-state index contributed by atoms with van der Waals surface area (Å²) in [5.41, 5.74) is 3.99. The number of benzene rings is 2. The molecule has 3 aromatic rings. The standard InChI is InChI=1S/C24H27N3O5S/c1-15(16-6-8-17(9-7-16)24(2,3)4)26-23(28)19-10-21(31-5)22(11-20(19)27(29)30)32-12-18-13-33-14-25-18/h6-11,13-15H,12H2,1-5H3,(H,26,28). The van der Waals surface area contributed by atoms with Crippen LogP contribution in [0.25, 0.3) is 0 Å². The van der Waals surface area contributed by atoms with Crippen LogP contribution in [0.2, 0.25) is 0 Å². The van der Waals surface area contributed by atoms with Crippen molar-refractivity contribution < 1.29 is 19.2 Å².